The Kier molecular flexibility index (Phi) is 7.75. The second kappa shape index (κ2) is 11.6. The molecule has 234 valence electrons. The molecule has 4 heterocycles. The molecular formula is C33H35FN6O5. The number of hydrogen-bond donors (Lipinski definition) is 1. The summed E-state index contributed by atoms with van der Waals surface area (Å²) in [4.78, 5) is 55.9. The fourth-order valence-electron chi connectivity index (χ4n) is 6.17. The Morgan fingerprint density at radius 2 is 1.87 bits per heavy atom. The monoisotopic (exact) mass is 614 g/mol. The van der Waals surface area contributed by atoms with Gasteiger partial charge in [-0.1, -0.05) is 13.8 Å². The smallest absolute Gasteiger partial charge is 0.407 e. The van der Waals surface area contributed by atoms with Gasteiger partial charge in [0.1, 0.15) is 11.6 Å². The van der Waals surface area contributed by atoms with Gasteiger partial charge in [-0.2, -0.15) is 4.98 Å². The summed E-state index contributed by atoms with van der Waals surface area (Å²) in [6.45, 7) is 8.58. The lowest BCUT2D eigenvalue weighted by atomic mass is 9.98. The molecule has 1 saturated carbocycles. The molecule has 1 amide bonds. The topological polar surface area (TPSA) is 131 Å². The Labute approximate surface area is 259 Å². The maximum Gasteiger partial charge on any atom is 0.407 e. The number of halogens is 1. The fourth-order valence-corrected chi connectivity index (χ4v) is 6.17. The molecule has 2 aliphatic rings. The van der Waals surface area contributed by atoms with E-state index in [-0.39, 0.29) is 47.7 Å². The average molecular weight is 615 g/mol. The number of carbonyl (C=O) groups is 2. The third kappa shape index (κ3) is 5.38. The average Bonchev–Trinajstić information content (AvgIpc) is 3.86. The summed E-state index contributed by atoms with van der Waals surface area (Å²) < 4.78 is 22.0. The SMILES string of the molecule is COC(=O)c1ccc(F)c(-c2nc3c(cc2C2CC2)c(N2CCN(C(=O)O)C[C@@H]2C)nc(=O)n3-c2c(C)ccnc2C(C)C)c1. The minimum atomic E-state index is -0.999. The Morgan fingerprint density at radius 1 is 1.11 bits per heavy atom. The van der Waals surface area contributed by atoms with Crippen LogP contribution in [0, 0.1) is 12.7 Å². The predicted octanol–water partition coefficient (Wildman–Crippen LogP) is 5.27. The largest absolute Gasteiger partial charge is 0.465 e. The Hall–Kier alpha value is -4.87. The molecule has 1 saturated heterocycles. The van der Waals surface area contributed by atoms with Gasteiger partial charge in [0.2, 0.25) is 0 Å². The van der Waals surface area contributed by atoms with Crippen LogP contribution in [-0.2, 0) is 4.74 Å². The van der Waals surface area contributed by atoms with E-state index in [4.69, 9.17) is 9.72 Å². The molecule has 3 aromatic heterocycles. The van der Waals surface area contributed by atoms with Crippen molar-refractivity contribution in [1.29, 1.82) is 0 Å². The third-order valence-corrected chi connectivity index (χ3v) is 8.63. The second-order valence-corrected chi connectivity index (χ2v) is 12.1. The highest BCUT2D eigenvalue weighted by Gasteiger charge is 2.34. The van der Waals surface area contributed by atoms with E-state index in [2.05, 4.69) is 9.97 Å². The lowest BCUT2D eigenvalue weighted by Gasteiger charge is -2.39. The van der Waals surface area contributed by atoms with Crippen molar-refractivity contribution in [3.8, 4) is 16.9 Å². The molecule has 1 aliphatic carbocycles. The van der Waals surface area contributed by atoms with Crippen LogP contribution >= 0.6 is 0 Å². The summed E-state index contributed by atoms with van der Waals surface area (Å²) in [7, 11) is 1.27. The molecule has 2 fully saturated rings. The van der Waals surface area contributed by atoms with E-state index in [1.54, 1.807) is 6.20 Å². The third-order valence-electron chi connectivity index (χ3n) is 8.63. The van der Waals surface area contributed by atoms with E-state index in [1.165, 1.54) is 34.8 Å². The van der Waals surface area contributed by atoms with Gasteiger partial charge in [0.05, 0.1) is 35.1 Å². The summed E-state index contributed by atoms with van der Waals surface area (Å²) in [5.74, 6) is -0.681. The number of methoxy groups -OCH3 is 1. The molecule has 11 nitrogen and oxygen atoms in total. The number of nitrogens with zero attached hydrogens (tertiary/aromatic N) is 6. The number of amides is 1. The van der Waals surface area contributed by atoms with Crippen molar-refractivity contribution in [2.45, 2.75) is 58.4 Å². The van der Waals surface area contributed by atoms with E-state index in [0.29, 0.717) is 34.8 Å². The Bertz CT molecular complexity index is 1900. The summed E-state index contributed by atoms with van der Waals surface area (Å²) in [6, 6.07) is 7.51. The van der Waals surface area contributed by atoms with Crippen molar-refractivity contribution >= 4 is 28.9 Å². The number of anilines is 1. The first-order chi connectivity index (χ1) is 21.5. The van der Waals surface area contributed by atoms with Crippen LogP contribution in [0.15, 0.2) is 41.3 Å². The molecule has 6 rings (SSSR count). The number of hydrogen-bond acceptors (Lipinski definition) is 8. The number of esters is 1. The number of ether oxygens (including phenoxy) is 1. The first kappa shape index (κ1) is 30.2. The number of rotatable bonds is 6. The normalized spacial score (nSPS) is 16.8. The molecule has 1 N–H and O–H groups in total. The Morgan fingerprint density at radius 3 is 2.51 bits per heavy atom. The van der Waals surface area contributed by atoms with Gasteiger partial charge in [-0.3, -0.25) is 4.98 Å². The van der Waals surface area contributed by atoms with Crippen LogP contribution in [0.4, 0.5) is 15.0 Å². The van der Waals surface area contributed by atoms with Gasteiger partial charge in [-0.15, -0.1) is 0 Å². The molecule has 1 aliphatic heterocycles. The number of aromatic nitrogens is 4. The molecular weight excluding hydrogens is 579 g/mol. The van der Waals surface area contributed by atoms with Gasteiger partial charge >= 0.3 is 17.8 Å². The predicted molar refractivity (Wildman–Crippen MR) is 167 cm³/mol. The van der Waals surface area contributed by atoms with Gasteiger partial charge in [-0.25, -0.2) is 28.3 Å². The van der Waals surface area contributed by atoms with Gasteiger partial charge in [0.15, 0.2) is 5.65 Å². The lowest BCUT2D eigenvalue weighted by molar-refractivity contribution is 0.0600. The molecule has 0 unspecified atom stereocenters. The number of aryl methyl sites for hydroxylation is 1. The molecule has 1 aromatic carbocycles. The maximum absolute atomic E-state index is 15.6. The van der Waals surface area contributed by atoms with Gasteiger partial charge in [-0.05, 0) is 80.0 Å². The zero-order valence-corrected chi connectivity index (χ0v) is 25.9. The van der Waals surface area contributed by atoms with Crippen LogP contribution < -0.4 is 10.6 Å². The van der Waals surface area contributed by atoms with Crippen LogP contribution in [0.2, 0.25) is 0 Å². The van der Waals surface area contributed by atoms with Crippen molar-refractivity contribution in [2.24, 2.45) is 0 Å². The molecule has 0 bridgehead atoms. The minimum absolute atomic E-state index is 0.0370. The van der Waals surface area contributed by atoms with E-state index in [9.17, 15) is 19.5 Å². The zero-order valence-electron chi connectivity index (χ0n) is 25.9. The van der Waals surface area contributed by atoms with Crippen molar-refractivity contribution in [3.05, 3.63) is 75.2 Å². The van der Waals surface area contributed by atoms with Crippen molar-refractivity contribution in [1.82, 2.24) is 24.4 Å². The summed E-state index contributed by atoms with van der Waals surface area (Å²) in [6.07, 6.45) is 2.47. The molecule has 0 spiro atoms. The quantitative estimate of drug-likeness (QED) is 0.289. The highest BCUT2D eigenvalue weighted by molar-refractivity contribution is 5.94. The number of benzene rings is 1. The minimum Gasteiger partial charge on any atom is -0.465 e. The number of carbonyl (C=O) groups excluding carboxylic acids is 1. The van der Waals surface area contributed by atoms with Crippen LogP contribution in [0.3, 0.4) is 0 Å². The second-order valence-electron chi connectivity index (χ2n) is 12.1. The lowest BCUT2D eigenvalue weighted by Crippen LogP contribution is -2.54. The van der Waals surface area contributed by atoms with Crippen LogP contribution in [0.1, 0.15) is 72.6 Å². The van der Waals surface area contributed by atoms with Crippen LogP contribution in [-0.4, -0.2) is 74.4 Å². The van der Waals surface area contributed by atoms with E-state index in [0.717, 1.165) is 24.0 Å². The number of carboxylic acid groups (broad SMARTS) is 1. The highest BCUT2D eigenvalue weighted by Crippen LogP contribution is 2.46. The van der Waals surface area contributed by atoms with E-state index >= 15 is 4.39 Å². The van der Waals surface area contributed by atoms with E-state index < -0.39 is 23.6 Å². The van der Waals surface area contributed by atoms with Gasteiger partial charge in [0.25, 0.3) is 0 Å². The van der Waals surface area contributed by atoms with Gasteiger partial charge < -0.3 is 19.6 Å². The molecule has 1 atom stereocenters. The van der Waals surface area contributed by atoms with Crippen molar-refractivity contribution in [3.63, 3.8) is 0 Å². The first-order valence-electron chi connectivity index (χ1n) is 15.1. The van der Waals surface area contributed by atoms with Crippen molar-refractivity contribution in [2.75, 3.05) is 31.6 Å². The number of pyridine rings is 2. The molecule has 0 radical (unpaired) electrons. The first-order valence-corrected chi connectivity index (χ1v) is 15.1. The van der Waals surface area contributed by atoms with Crippen molar-refractivity contribution < 1.29 is 23.8 Å². The van der Waals surface area contributed by atoms with Crippen LogP contribution in [0.5, 0.6) is 0 Å². The number of piperazine rings is 1. The summed E-state index contributed by atoms with van der Waals surface area (Å²) in [5.41, 5.74) is 3.19. The number of fused-ring (bicyclic) bond motifs is 1. The zero-order chi connectivity index (χ0) is 32.2. The molecule has 12 heteroatoms. The van der Waals surface area contributed by atoms with Gasteiger partial charge in [0, 0.05) is 37.4 Å². The van der Waals surface area contributed by atoms with E-state index in [1.807, 2.05) is 44.7 Å². The maximum atomic E-state index is 15.6. The standard InChI is InChI=1S/C33H35FN6O5/c1-17(2)26-28(18(3)10-11-35-26)40-30-24(29(37-32(40)42)39-13-12-38(33(43)44)16-19(39)4)15-22(20-6-7-20)27(36-30)23-14-21(31(41)45-5)8-9-25(23)34/h8-11,14-15,17,19-20H,6-7,12-13,16H2,1-5H3,(H,43,44)/t19-/m0/s1. The summed E-state index contributed by atoms with van der Waals surface area (Å²) in [5, 5.41) is 10.2. The highest BCUT2D eigenvalue weighted by atomic mass is 19.1. The van der Waals surface area contributed by atoms with Crippen LogP contribution in [0.25, 0.3) is 28.0 Å². The molecule has 4 aromatic rings. The summed E-state index contributed by atoms with van der Waals surface area (Å²) >= 11 is 0. The Balaban J connectivity index is 1.69. The molecule has 45 heavy (non-hydrogen) atoms. The fraction of sp³-hybridized carbons (Fsp3) is 0.394.